The van der Waals surface area contributed by atoms with Gasteiger partial charge in [0.05, 0.1) is 13.0 Å². The van der Waals surface area contributed by atoms with Crippen LogP contribution in [0.5, 0.6) is 5.75 Å². The summed E-state index contributed by atoms with van der Waals surface area (Å²) < 4.78 is 10.7. The zero-order valence-electron chi connectivity index (χ0n) is 19.2. The van der Waals surface area contributed by atoms with Gasteiger partial charge in [-0.1, -0.05) is 72.8 Å². The van der Waals surface area contributed by atoms with Crippen molar-refractivity contribution in [3.63, 3.8) is 0 Å². The fourth-order valence-corrected chi connectivity index (χ4v) is 5.06. The van der Waals surface area contributed by atoms with Gasteiger partial charge in [-0.3, -0.25) is 9.69 Å². The van der Waals surface area contributed by atoms with Crippen molar-refractivity contribution < 1.29 is 19.1 Å². The van der Waals surface area contributed by atoms with Crippen molar-refractivity contribution in [1.82, 2.24) is 9.80 Å². The molecule has 3 aromatic carbocycles. The molecule has 0 N–H and O–H groups in total. The molecule has 0 radical (unpaired) electrons. The second-order valence-corrected chi connectivity index (χ2v) is 8.88. The molecule has 0 saturated carbocycles. The van der Waals surface area contributed by atoms with Crippen LogP contribution in [0.15, 0.2) is 84.9 Å². The van der Waals surface area contributed by atoms with Crippen LogP contribution in [-0.4, -0.2) is 48.6 Å². The highest BCUT2D eigenvalue weighted by atomic mass is 16.6. The van der Waals surface area contributed by atoms with Crippen LogP contribution in [0.3, 0.4) is 0 Å². The Hall–Kier alpha value is -3.64. The van der Waals surface area contributed by atoms with Crippen molar-refractivity contribution in [2.75, 3.05) is 26.8 Å². The van der Waals surface area contributed by atoms with E-state index < -0.39 is 12.1 Å². The van der Waals surface area contributed by atoms with Gasteiger partial charge in [0, 0.05) is 25.6 Å². The first-order chi connectivity index (χ1) is 16.6. The molecule has 3 atom stereocenters. The SMILES string of the molecule is COc1ccc([C@@H]2CN(Cc3ccccc3)C[C@@H]2C(=O)N2C(=O)OC[C@H]2c2ccccc2)cc1. The molecular formula is C28H28N2O4. The number of carbonyl (C=O) groups is 2. The van der Waals surface area contributed by atoms with Gasteiger partial charge in [0.2, 0.25) is 5.91 Å². The van der Waals surface area contributed by atoms with Crippen LogP contribution < -0.4 is 4.74 Å². The summed E-state index contributed by atoms with van der Waals surface area (Å²) in [7, 11) is 1.64. The Morgan fingerprint density at radius 2 is 1.59 bits per heavy atom. The third-order valence-electron chi connectivity index (χ3n) is 6.80. The summed E-state index contributed by atoms with van der Waals surface area (Å²) in [6.07, 6.45) is -0.561. The quantitative estimate of drug-likeness (QED) is 0.541. The molecule has 6 nitrogen and oxygen atoms in total. The second kappa shape index (κ2) is 9.69. The predicted molar refractivity (Wildman–Crippen MR) is 128 cm³/mol. The minimum Gasteiger partial charge on any atom is -0.497 e. The normalized spacial score (nSPS) is 22.6. The summed E-state index contributed by atoms with van der Waals surface area (Å²) in [6, 6.07) is 27.4. The van der Waals surface area contributed by atoms with E-state index in [0.29, 0.717) is 6.54 Å². The number of likely N-dealkylation sites (tertiary alicyclic amines) is 1. The van der Waals surface area contributed by atoms with E-state index in [9.17, 15) is 9.59 Å². The van der Waals surface area contributed by atoms with E-state index in [1.807, 2.05) is 72.8 Å². The van der Waals surface area contributed by atoms with Crippen molar-refractivity contribution in [2.45, 2.75) is 18.5 Å². The number of benzene rings is 3. The first-order valence-corrected chi connectivity index (χ1v) is 11.6. The van der Waals surface area contributed by atoms with Crippen molar-refractivity contribution in [3.8, 4) is 5.75 Å². The lowest BCUT2D eigenvalue weighted by Crippen LogP contribution is -2.41. The molecule has 2 heterocycles. The van der Waals surface area contributed by atoms with Crippen LogP contribution in [0.2, 0.25) is 0 Å². The Morgan fingerprint density at radius 1 is 0.912 bits per heavy atom. The van der Waals surface area contributed by atoms with E-state index in [1.165, 1.54) is 10.5 Å². The average molecular weight is 457 g/mol. The molecule has 0 aromatic heterocycles. The number of hydrogen-bond acceptors (Lipinski definition) is 5. The highest BCUT2D eigenvalue weighted by Crippen LogP contribution is 2.38. The maximum Gasteiger partial charge on any atom is 0.417 e. The van der Waals surface area contributed by atoms with E-state index in [1.54, 1.807) is 7.11 Å². The molecule has 2 aliphatic rings. The highest BCUT2D eigenvalue weighted by Gasteiger charge is 2.47. The van der Waals surface area contributed by atoms with Gasteiger partial charge in [-0.15, -0.1) is 0 Å². The smallest absolute Gasteiger partial charge is 0.417 e. The average Bonchev–Trinajstić information content (AvgIpc) is 3.48. The lowest BCUT2D eigenvalue weighted by Gasteiger charge is -2.26. The van der Waals surface area contributed by atoms with Crippen LogP contribution in [0, 0.1) is 5.92 Å². The number of imide groups is 1. The third-order valence-corrected chi connectivity index (χ3v) is 6.80. The number of methoxy groups -OCH3 is 1. The van der Waals surface area contributed by atoms with Crippen molar-refractivity contribution in [1.29, 1.82) is 0 Å². The first kappa shape index (κ1) is 22.2. The minimum absolute atomic E-state index is 0.0352. The van der Waals surface area contributed by atoms with Gasteiger partial charge < -0.3 is 9.47 Å². The molecule has 3 aromatic rings. The van der Waals surface area contributed by atoms with Crippen LogP contribution >= 0.6 is 0 Å². The van der Waals surface area contributed by atoms with Gasteiger partial charge in [0.1, 0.15) is 18.4 Å². The Balaban J connectivity index is 1.44. The van der Waals surface area contributed by atoms with Crippen LogP contribution in [0.4, 0.5) is 4.79 Å². The largest absolute Gasteiger partial charge is 0.497 e. The number of carbonyl (C=O) groups excluding carboxylic acids is 2. The lowest BCUT2D eigenvalue weighted by atomic mass is 9.87. The van der Waals surface area contributed by atoms with E-state index in [2.05, 4.69) is 17.0 Å². The van der Waals surface area contributed by atoms with Crippen molar-refractivity contribution in [2.24, 2.45) is 5.92 Å². The van der Waals surface area contributed by atoms with Gasteiger partial charge in [-0.2, -0.15) is 0 Å². The Labute approximate surface area is 199 Å². The molecule has 5 rings (SSSR count). The molecule has 174 valence electrons. The van der Waals surface area contributed by atoms with Gasteiger partial charge in [0.25, 0.3) is 0 Å². The summed E-state index contributed by atoms with van der Waals surface area (Å²) >= 11 is 0. The van der Waals surface area contributed by atoms with Crippen molar-refractivity contribution >= 4 is 12.0 Å². The Kier molecular flexibility index (Phi) is 6.32. The predicted octanol–water partition coefficient (Wildman–Crippen LogP) is 4.63. The number of amides is 2. The third kappa shape index (κ3) is 4.41. The summed E-state index contributed by atoms with van der Waals surface area (Å²) in [5.74, 6) is 0.215. The number of hydrogen-bond donors (Lipinski definition) is 0. The molecule has 0 unspecified atom stereocenters. The molecule has 2 amide bonds. The fourth-order valence-electron chi connectivity index (χ4n) is 5.06. The number of cyclic esters (lactones) is 1. The lowest BCUT2D eigenvalue weighted by molar-refractivity contribution is -0.133. The van der Waals surface area contributed by atoms with Crippen LogP contribution in [0.1, 0.15) is 28.7 Å². The number of rotatable bonds is 6. The van der Waals surface area contributed by atoms with E-state index in [4.69, 9.17) is 9.47 Å². The van der Waals surface area contributed by atoms with Gasteiger partial charge in [-0.25, -0.2) is 9.69 Å². The van der Waals surface area contributed by atoms with Crippen LogP contribution in [0.25, 0.3) is 0 Å². The summed E-state index contributed by atoms with van der Waals surface area (Å²) in [5.41, 5.74) is 3.17. The molecule has 0 bridgehead atoms. The molecule has 2 aliphatic heterocycles. The molecular weight excluding hydrogens is 428 g/mol. The molecule has 6 heteroatoms. The van der Waals surface area contributed by atoms with Gasteiger partial charge in [0.15, 0.2) is 0 Å². The summed E-state index contributed by atoms with van der Waals surface area (Å²) in [4.78, 5) is 30.3. The molecule has 34 heavy (non-hydrogen) atoms. The molecule has 0 aliphatic carbocycles. The van der Waals surface area contributed by atoms with E-state index in [-0.39, 0.29) is 24.3 Å². The summed E-state index contributed by atoms with van der Waals surface area (Å²) in [6.45, 7) is 2.25. The maximum atomic E-state index is 13.9. The second-order valence-electron chi connectivity index (χ2n) is 8.88. The summed E-state index contributed by atoms with van der Waals surface area (Å²) in [5, 5.41) is 0. The fraction of sp³-hybridized carbons (Fsp3) is 0.286. The van der Waals surface area contributed by atoms with E-state index in [0.717, 1.165) is 30.0 Å². The van der Waals surface area contributed by atoms with Crippen LogP contribution in [-0.2, 0) is 16.1 Å². The standard InChI is InChI=1S/C28H28N2O4/c1-33-23-14-12-21(13-15-23)24-17-29(16-20-8-4-2-5-9-20)18-25(24)27(31)30-26(19-34-28(30)32)22-10-6-3-7-11-22/h2-15,24-26H,16-19H2,1H3/t24-,25-,26-/m0/s1. The number of nitrogens with zero attached hydrogens (tertiary/aromatic N) is 2. The highest BCUT2D eigenvalue weighted by molar-refractivity contribution is 5.95. The Morgan fingerprint density at radius 3 is 2.26 bits per heavy atom. The van der Waals surface area contributed by atoms with Gasteiger partial charge in [-0.05, 0) is 28.8 Å². The Bertz CT molecular complexity index is 1130. The van der Waals surface area contributed by atoms with E-state index >= 15 is 0 Å². The monoisotopic (exact) mass is 456 g/mol. The first-order valence-electron chi connectivity index (χ1n) is 11.6. The van der Waals surface area contributed by atoms with Gasteiger partial charge >= 0.3 is 6.09 Å². The molecule has 2 fully saturated rings. The number of ether oxygens (including phenoxy) is 2. The zero-order chi connectivity index (χ0) is 23.5. The molecule has 0 spiro atoms. The maximum absolute atomic E-state index is 13.9. The molecule has 2 saturated heterocycles. The topological polar surface area (TPSA) is 59.1 Å². The van der Waals surface area contributed by atoms with Crippen molar-refractivity contribution in [3.05, 3.63) is 102 Å². The zero-order valence-corrected chi connectivity index (χ0v) is 19.2. The minimum atomic E-state index is -0.561.